The molecular weight excluding hydrogens is 733 g/mol. The molecule has 0 fully saturated rings. The number of fused-ring (bicyclic) bond motifs is 9. The van der Waals surface area contributed by atoms with Gasteiger partial charge in [0.05, 0.1) is 50.2 Å². The van der Waals surface area contributed by atoms with Crippen LogP contribution in [0.4, 0.5) is 0 Å². The van der Waals surface area contributed by atoms with Crippen molar-refractivity contribution >= 4 is 65.4 Å². The van der Waals surface area contributed by atoms with E-state index >= 15 is 0 Å². The number of para-hydroxylation sites is 2. The summed E-state index contributed by atoms with van der Waals surface area (Å²) in [4.78, 5) is 20.0. The quantitative estimate of drug-likeness (QED) is 0.164. The average molecular weight is 769 g/mol. The summed E-state index contributed by atoms with van der Waals surface area (Å²) in [6.45, 7) is 4.30. The van der Waals surface area contributed by atoms with Crippen LogP contribution in [0.5, 0.6) is 0 Å². The largest absolute Gasteiger partial charge is 0.309 e. The lowest BCUT2D eigenvalue weighted by molar-refractivity contribution is 1.08. The van der Waals surface area contributed by atoms with Gasteiger partial charge in [0.1, 0.15) is 5.82 Å². The number of hydrogen-bond acceptors (Lipinski definition) is 4. The molecular formula is C54H36N6. The van der Waals surface area contributed by atoms with Gasteiger partial charge in [-0.2, -0.15) is 0 Å². The fourth-order valence-electron chi connectivity index (χ4n) is 9.21. The van der Waals surface area contributed by atoms with E-state index in [4.69, 9.17) is 15.0 Å². The van der Waals surface area contributed by atoms with Crippen molar-refractivity contribution in [2.45, 2.75) is 13.8 Å². The van der Waals surface area contributed by atoms with Crippen molar-refractivity contribution in [3.8, 4) is 45.3 Å². The molecule has 0 spiro atoms. The Labute approximate surface area is 345 Å². The zero-order chi connectivity index (χ0) is 39.9. The van der Waals surface area contributed by atoms with Gasteiger partial charge < -0.3 is 4.57 Å². The molecule has 6 heteroatoms. The van der Waals surface area contributed by atoms with Crippen molar-refractivity contribution in [3.63, 3.8) is 0 Å². The molecule has 0 bridgehead atoms. The Morgan fingerprint density at radius 3 is 1.62 bits per heavy atom. The predicted molar refractivity (Wildman–Crippen MR) is 247 cm³/mol. The molecule has 6 aromatic heterocycles. The van der Waals surface area contributed by atoms with Crippen molar-refractivity contribution in [2.24, 2.45) is 0 Å². The van der Waals surface area contributed by atoms with E-state index < -0.39 is 0 Å². The van der Waals surface area contributed by atoms with Gasteiger partial charge in [-0.1, -0.05) is 84.9 Å². The van der Waals surface area contributed by atoms with Gasteiger partial charge in [-0.15, -0.1) is 0 Å². The van der Waals surface area contributed by atoms with E-state index in [1.165, 1.54) is 32.8 Å². The van der Waals surface area contributed by atoms with Crippen LogP contribution in [0.3, 0.4) is 0 Å². The molecule has 6 nitrogen and oxygen atoms in total. The zero-order valence-corrected chi connectivity index (χ0v) is 33.0. The maximum absolute atomic E-state index is 5.39. The summed E-state index contributed by atoms with van der Waals surface area (Å²) < 4.78 is 4.64. The lowest BCUT2D eigenvalue weighted by Crippen LogP contribution is -1.97. The van der Waals surface area contributed by atoms with E-state index in [9.17, 15) is 0 Å². The first-order valence-corrected chi connectivity index (χ1v) is 20.3. The number of benzene rings is 6. The Balaban J connectivity index is 1.04. The third-order valence-corrected chi connectivity index (χ3v) is 12.1. The van der Waals surface area contributed by atoms with Gasteiger partial charge in [-0.3, -0.25) is 9.55 Å². The SMILES string of the molecule is Cc1cc(-c2ccc3c4cc(-c5ccc6c(c5)c5ccccc5n6-c5ccccc5)ccc4n(-c4ccccn4)c3c2)nc2c1ccc1c(C)cc(-c3ccccn3)nc12. The van der Waals surface area contributed by atoms with Crippen LogP contribution in [0.15, 0.2) is 182 Å². The van der Waals surface area contributed by atoms with E-state index in [0.29, 0.717) is 0 Å². The van der Waals surface area contributed by atoms with Gasteiger partial charge in [-0.25, -0.2) is 15.0 Å². The summed E-state index contributed by atoms with van der Waals surface area (Å²) in [5.74, 6) is 0.868. The van der Waals surface area contributed by atoms with Gasteiger partial charge in [-0.05, 0) is 121 Å². The molecule has 0 atom stereocenters. The minimum Gasteiger partial charge on any atom is -0.309 e. The molecule has 0 saturated heterocycles. The normalized spacial score (nSPS) is 11.8. The lowest BCUT2D eigenvalue weighted by atomic mass is 9.99. The number of nitrogens with zero attached hydrogens (tertiary/aromatic N) is 6. The lowest BCUT2D eigenvalue weighted by Gasteiger charge is -2.12. The van der Waals surface area contributed by atoms with Crippen LogP contribution >= 0.6 is 0 Å². The molecule has 0 aliphatic heterocycles. The average Bonchev–Trinajstić information content (AvgIpc) is 3.81. The molecule has 6 aromatic carbocycles. The topological polar surface area (TPSA) is 61.4 Å². The first-order chi connectivity index (χ1) is 29.6. The summed E-state index contributed by atoms with van der Waals surface area (Å²) in [5, 5.41) is 6.98. The first kappa shape index (κ1) is 34.1. The van der Waals surface area contributed by atoms with Gasteiger partial charge in [0.2, 0.25) is 0 Å². The Kier molecular flexibility index (Phi) is 7.56. The van der Waals surface area contributed by atoms with E-state index in [1.807, 2.05) is 42.7 Å². The molecule has 0 unspecified atom stereocenters. The van der Waals surface area contributed by atoms with Crippen molar-refractivity contribution in [3.05, 3.63) is 193 Å². The first-order valence-electron chi connectivity index (χ1n) is 20.3. The standard InChI is InChI=1S/C54H36N6/c1-33-28-46(57-53-39(33)22-23-40-34(2)29-47(58-54(40)53)45-15-8-10-26-55-45)37-18-21-42-44-31-36(20-25-50(44)60(51(42)32-37)52-17-9-11-27-56-52)35-19-24-49-43(30-35)41-14-6-7-16-48(41)59(49)38-12-4-3-5-13-38/h3-32H,1-2H3. The molecule has 0 aliphatic rings. The fourth-order valence-corrected chi connectivity index (χ4v) is 9.21. The van der Waals surface area contributed by atoms with E-state index in [2.05, 4.69) is 167 Å². The summed E-state index contributed by atoms with van der Waals surface area (Å²) in [6.07, 6.45) is 3.67. The van der Waals surface area contributed by atoms with Crippen molar-refractivity contribution in [1.29, 1.82) is 0 Å². The summed E-state index contributed by atoms with van der Waals surface area (Å²) in [7, 11) is 0. The van der Waals surface area contributed by atoms with Gasteiger partial charge >= 0.3 is 0 Å². The third kappa shape index (κ3) is 5.28. The third-order valence-electron chi connectivity index (χ3n) is 12.1. The van der Waals surface area contributed by atoms with Crippen LogP contribution in [0.1, 0.15) is 11.1 Å². The molecule has 0 radical (unpaired) electrons. The minimum absolute atomic E-state index is 0.845. The Morgan fingerprint density at radius 2 is 0.917 bits per heavy atom. The summed E-state index contributed by atoms with van der Waals surface area (Å²) >= 11 is 0. The van der Waals surface area contributed by atoms with Crippen LogP contribution in [0.25, 0.3) is 111 Å². The highest BCUT2D eigenvalue weighted by Gasteiger charge is 2.19. The van der Waals surface area contributed by atoms with E-state index in [1.54, 1.807) is 0 Å². The Hall–Kier alpha value is -7.96. The minimum atomic E-state index is 0.845. The monoisotopic (exact) mass is 768 g/mol. The van der Waals surface area contributed by atoms with Crippen LogP contribution in [0, 0.1) is 13.8 Å². The molecule has 282 valence electrons. The highest BCUT2D eigenvalue weighted by molar-refractivity contribution is 6.13. The summed E-state index contributed by atoms with van der Waals surface area (Å²) in [5.41, 5.74) is 15.8. The molecule has 0 N–H and O–H groups in total. The highest BCUT2D eigenvalue weighted by Crippen LogP contribution is 2.40. The number of hydrogen-bond donors (Lipinski definition) is 0. The number of aryl methyl sites for hydroxylation is 2. The number of pyridine rings is 4. The van der Waals surface area contributed by atoms with Gasteiger partial charge in [0, 0.05) is 56.0 Å². The summed E-state index contributed by atoms with van der Waals surface area (Å²) in [6, 6.07) is 60.4. The van der Waals surface area contributed by atoms with Gasteiger partial charge in [0.15, 0.2) is 0 Å². The molecule has 12 rings (SSSR count). The van der Waals surface area contributed by atoms with Crippen LogP contribution in [-0.4, -0.2) is 29.1 Å². The Bertz CT molecular complexity index is 3660. The van der Waals surface area contributed by atoms with Gasteiger partial charge in [0.25, 0.3) is 0 Å². The molecule has 12 aromatic rings. The van der Waals surface area contributed by atoms with Crippen molar-refractivity contribution in [1.82, 2.24) is 29.1 Å². The molecule has 0 saturated carbocycles. The van der Waals surface area contributed by atoms with E-state index in [-0.39, 0.29) is 0 Å². The predicted octanol–water partition coefficient (Wildman–Crippen LogP) is 13.4. The second-order valence-corrected chi connectivity index (χ2v) is 15.6. The van der Waals surface area contributed by atoms with E-state index in [0.717, 1.165) is 89.1 Å². The zero-order valence-electron chi connectivity index (χ0n) is 33.0. The fraction of sp³-hybridized carbons (Fsp3) is 0.0370. The van der Waals surface area contributed by atoms with Crippen molar-refractivity contribution < 1.29 is 0 Å². The number of rotatable bonds is 5. The van der Waals surface area contributed by atoms with Crippen molar-refractivity contribution in [2.75, 3.05) is 0 Å². The maximum Gasteiger partial charge on any atom is 0.137 e. The second kappa shape index (κ2) is 13.3. The van der Waals surface area contributed by atoms with Crippen LogP contribution in [0.2, 0.25) is 0 Å². The van der Waals surface area contributed by atoms with Crippen LogP contribution < -0.4 is 0 Å². The van der Waals surface area contributed by atoms with Crippen LogP contribution in [-0.2, 0) is 0 Å². The molecule has 0 aliphatic carbocycles. The molecule has 0 amide bonds. The number of aromatic nitrogens is 6. The smallest absolute Gasteiger partial charge is 0.137 e. The molecule has 60 heavy (non-hydrogen) atoms. The second-order valence-electron chi connectivity index (χ2n) is 15.6. The maximum atomic E-state index is 5.39. The highest BCUT2D eigenvalue weighted by atomic mass is 15.1. The Morgan fingerprint density at radius 1 is 0.350 bits per heavy atom. The molecule has 6 heterocycles.